The van der Waals surface area contributed by atoms with E-state index in [1.54, 1.807) is 13.2 Å². The molecule has 0 atom stereocenters. The Morgan fingerprint density at radius 2 is 2.05 bits per heavy atom. The summed E-state index contributed by atoms with van der Waals surface area (Å²) in [5.74, 6) is 0.0481. The van der Waals surface area contributed by atoms with Crippen LogP contribution in [0.4, 0.5) is 11.6 Å². The molecule has 2 aromatic heterocycles. The number of hydrogen-bond donors (Lipinski definition) is 2. The molecule has 0 aliphatic rings. The fourth-order valence-electron chi connectivity index (χ4n) is 2.01. The number of carboxylic acid groups (broad SMARTS) is 1. The van der Waals surface area contributed by atoms with Crippen LogP contribution in [0.2, 0.25) is 0 Å². The number of aromatic nitrogens is 2. The highest BCUT2D eigenvalue weighted by molar-refractivity contribution is 5.88. The molecule has 0 saturated heterocycles. The third-order valence-electron chi connectivity index (χ3n) is 3.22. The molecule has 0 aliphatic heterocycles. The first-order valence-corrected chi connectivity index (χ1v) is 6.78. The molecule has 0 aromatic carbocycles. The van der Waals surface area contributed by atoms with Gasteiger partial charge in [0, 0.05) is 31.1 Å². The zero-order valence-corrected chi connectivity index (χ0v) is 12.7. The number of rotatable bonds is 5. The van der Waals surface area contributed by atoms with Crippen LogP contribution in [0.5, 0.6) is 0 Å². The third-order valence-corrected chi connectivity index (χ3v) is 3.22. The van der Waals surface area contributed by atoms with Crippen LogP contribution < -0.4 is 5.32 Å². The van der Waals surface area contributed by atoms with E-state index in [0.29, 0.717) is 11.6 Å². The molecule has 2 N–H and O–H groups in total. The van der Waals surface area contributed by atoms with E-state index in [-0.39, 0.29) is 11.0 Å². The highest BCUT2D eigenvalue weighted by Crippen LogP contribution is 2.22. The van der Waals surface area contributed by atoms with E-state index in [1.165, 1.54) is 18.3 Å². The van der Waals surface area contributed by atoms with E-state index in [9.17, 15) is 4.79 Å². The predicted octanol–water partition coefficient (Wildman–Crippen LogP) is 2.90. The summed E-state index contributed by atoms with van der Waals surface area (Å²) in [5.41, 5.74) is 1.02. The van der Waals surface area contributed by atoms with Gasteiger partial charge >= 0.3 is 5.97 Å². The third kappa shape index (κ3) is 3.66. The molecular formula is C16H18N4O2. The largest absolute Gasteiger partial charge is 0.478 e. The van der Waals surface area contributed by atoms with E-state index in [0.717, 1.165) is 5.56 Å². The molecule has 2 heterocycles. The van der Waals surface area contributed by atoms with Crippen molar-refractivity contribution in [2.45, 2.75) is 19.3 Å². The first kappa shape index (κ1) is 15.6. The maximum absolute atomic E-state index is 10.9. The zero-order valence-electron chi connectivity index (χ0n) is 12.7. The number of pyridine rings is 2. The van der Waals surface area contributed by atoms with Crippen LogP contribution in [-0.2, 0) is 5.41 Å². The Kier molecular flexibility index (Phi) is 4.50. The Labute approximate surface area is 129 Å². The van der Waals surface area contributed by atoms with Crippen molar-refractivity contribution in [1.29, 1.82) is 0 Å². The standard InChI is InChI=1S/C16H18N4O2/c1-16(2,10-17-3)12-4-5-13(19-9-12)20-14-8-11(15(21)22)6-7-18-14/h4-10H,1-3H3,(H,21,22)(H,18,19,20)/b17-10+. The number of aliphatic imine (C=N–C) groups is 1. The Morgan fingerprint density at radius 1 is 1.27 bits per heavy atom. The summed E-state index contributed by atoms with van der Waals surface area (Å²) >= 11 is 0. The van der Waals surface area contributed by atoms with Crippen molar-refractivity contribution in [2.75, 3.05) is 12.4 Å². The highest BCUT2D eigenvalue weighted by Gasteiger charge is 2.18. The molecule has 2 rings (SSSR count). The molecule has 0 bridgehead atoms. The molecule has 6 heteroatoms. The lowest BCUT2D eigenvalue weighted by Crippen LogP contribution is -2.19. The summed E-state index contributed by atoms with van der Waals surface area (Å²) in [6.07, 6.45) is 5.08. The number of aromatic carboxylic acids is 1. The van der Waals surface area contributed by atoms with Gasteiger partial charge in [-0.05, 0) is 23.8 Å². The summed E-state index contributed by atoms with van der Waals surface area (Å²) in [7, 11) is 1.74. The van der Waals surface area contributed by atoms with Gasteiger partial charge < -0.3 is 10.4 Å². The van der Waals surface area contributed by atoms with E-state index in [1.807, 2.05) is 18.3 Å². The average Bonchev–Trinajstić information content (AvgIpc) is 2.48. The van der Waals surface area contributed by atoms with Gasteiger partial charge in [-0.15, -0.1) is 0 Å². The number of nitrogens with one attached hydrogen (secondary N) is 1. The molecule has 6 nitrogen and oxygen atoms in total. The van der Waals surface area contributed by atoms with Crippen molar-refractivity contribution in [3.05, 3.63) is 47.8 Å². The minimum Gasteiger partial charge on any atom is -0.478 e. The quantitative estimate of drug-likeness (QED) is 0.829. The molecule has 0 saturated carbocycles. The molecule has 0 amide bonds. The molecule has 0 unspecified atom stereocenters. The Bertz CT molecular complexity index is 694. The van der Waals surface area contributed by atoms with Gasteiger partial charge in [-0.2, -0.15) is 0 Å². The van der Waals surface area contributed by atoms with Crippen LogP contribution in [0.1, 0.15) is 29.8 Å². The monoisotopic (exact) mass is 298 g/mol. The molecule has 0 aliphatic carbocycles. The number of carbonyl (C=O) groups is 1. The Hall–Kier alpha value is -2.76. The van der Waals surface area contributed by atoms with Crippen molar-refractivity contribution < 1.29 is 9.90 Å². The number of anilines is 2. The summed E-state index contributed by atoms with van der Waals surface area (Å²) in [4.78, 5) is 23.4. The van der Waals surface area contributed by atoms with E-state index >= 15 is 0 Å². The summed E-state index contributed by atoms with van der Waals surface area (Å²) in [5, 5.41) is 12.0. The van der Waals surface area contributed by atoms with Gasteiger partial charge in [0.05, 0.1) is 5.56 Å². The lowest BCUT2D eigenvalue weighted by atomic mass is 9.87. The van der Waals surface area contributed by atoms with Crippen LogP contribution in [0.3, 0.4) is 0 Å². The summed E-state index contributed by atoms with van der Waals surface area (Å²) in [6, 6.07) is 6.69. The molecule has 22 heavy (non-hydrogen) atoms. The van der Waals surface area contributed by atoms with Crippen molar-refractivity contribution in [1.82, 2.24) is 9.97 Å². The minimum atomic E-state index is -0.991. The van der Waals surface area contributed by atoms with Crippen molar-refractivity contribution in [2.24, 2.45) is 4.99 Å². The first-order valence-electron chi connectivity index (χ1n) is 6.78. The van der Waals surface area contributed by atoms with Gasteiger partial charge in [-0.25, -0.2) is 14.8 Å². The summed E-state index contributed by atoms with van der Waals surface area (Å²) in [6.45, 7) is 4.12. The minimum absolute atomic E-state index is 0.175. The van der Waals surface area contributed by atoms with Crippen molar-refractivity contribution >= 4 is 23.8 Å². The van der Waals surface area contributed by atoms with Gasteiger partial charge in [0.25, 0.3) is 0 Å². The zero-order chi connectivity index (χ0) is 16.2. The molecule has 0 fully saturated rings. The second-order valence-electron chi connectivity index (χ2n) is 5.40. The first-order chi connectivity index (χ1) is 10.4. The van der Waals surface area contributed by atoms with Crippen LogP contribution in [0.15, 0.2) is 41.7 Å². The molecule has 0 spiro atoms. The van der Waals surface area contributed by atoms with E-state index < -0.39 is 5.97 Å². The number of carboxylic acids is 1. The lowest BCUT2D eigenvalue weighted by Gasteiger charge is -2.19. The van der Waals surface area contributed by atoms with Crippen LogP contribution in [0.25, 0.3) is 0 Å². The van der Waals surface area contributed by atoms with Gasteiger partial charge in [0.2, 0.25) is 0 Å². The fraction of sp³-hybridized carbons (Fsp3) is 0.250. The second kappa shape index (κ2) is 6.34. The van der Waals surface area contributed by atoms with Crippen molar-refractivity contribution in [3.63, 3.8) is 0 Å². The molecule has 114 valence electrons. The maximum atomic E-state index is 10.9. The lowest BCUT2D eigenvalue weighted by molar-refractivity contribution is 0.0697. The number of nitrogens with zero attached hydrogens (tertiary/aromatic N) is 3. The Balaban J connectivity index is 2.18. The second-order valence-corrected chi connectivity index (χ2v) is 5.40. The smallest absolute Gasteiger partial charge is 0.335 e. The van der Waals surface area contributed by atoms with Gasteiger partial charge in [0.15, 0.2) is 0 Å². The predicted molar refractivity (Wildman–Crippen MR) is 86.2 cm³/mol. The number of hydrogen-bond acceptors (Lipinski definition) is 5. The normalized spacial score (nSPS) is 11.6. The van der Waals surface area contributed by atoms with E-state index in [2.05, 4.69) is 34.1 Å². The molecule has 0 radical (unpaired) electrons. The highest BCUT2D eigenvalue weighted by atomic mass is 16.4. The average molecular weight is 298 g/mol. The van der Waals surface area contributed by atoms with Crippen molar-refractivity contribution in [3.8, 4) is 0 Å². The van der Waals surface area contributed by atoms with Crippen LogP contribution in [-0.4, -0.2) is 34.3 Å². The topological polar surface area (TPSA) is 87.5 Å². The van der Waals surface area contributed by atoms with Gasteiger partial charge in [-0.1, -0.05) is 19.9 Å². The SMILES string of the molecule is C/N=C/C(C)(C)c1ccc(Nc2cc(C(=O)O)ccn2)nc1. The van der Waals surface area contributed by atoms with Gasteiger partial charge in [0.1, 0.15) is 11.6 Å². The van der Waals surface area contributed by atoms with E-state index in [4.69, 9.17) is 5.11 Å². The van der Waals surface area contributed by atoms with Crippen LogP contribution >= 0.6 is 0 Å². The molecular weight excluding hydrogens is 280 g/mol. The maximum Gasteiger partial charge on any atom is 0.335 e. The van der Waals surface area contributed by atoms with Crippen LogP contribution in [0, 0.1) is 0 Å². The molecule has 2 aromatic rings. The van der Waals surface area contributed by atoms with Gasteiger partial charge in [-0.3, -0.25) is 4.99 Å². The summed E-state index contributed by atoms with van der Waals surface area (Å²) < 4.78 is 0. The Morgan fingerprint density at radius 3 is 2.64 bits per heavy atom. The fourth-order valence-corrected chi connectivity index (χ4v) is 2.01.